The quantitative estimate of drug-likeness (QED) is 0.821. The van der Waals surface area contributed by atoms with Gasteiger partial charge in [0.1, 0.15) is 16.8 Å². The molecule has 2 aromatic rings. The molecule has 0 amide bonds. The van der Waals surface area contributed by atoms with Crippen molar-refractivity contribution in [2.24, 2.45) is 0 Å². The molecule has 0 aromatic carbocycles. The number of hydrogen-bond donors (Lipinski definition) is 1. The first-order valence-electron chi connectivity index (χ1n) is 6.95. The molecule has 2 aromatic heterocycles. The first-order chi connectivity index (χ1) is 9.95. The van der Waals surface area contributed by atoms with E-state index in [-0.39, 0.29) is 0 Å². The summed E-state index contributed by atoms with van der Waals surface area (Å²) in [4.78, 5) is 15.5. The summed E-state index contributed by atoms with van der Waals surface area (Å²) >= 11 is 6.19. The van der Waals surface area contributed by atoms with Crippen LogP contribution in [0.4, 0.5) is 11.5 Å². The average Bonchev–Trinajstić information content (AvgIpc) is 2.42. The summed E-state index contributed by atoms with van der Waals surface area (Å²) in [5.41, 5.74) is 9.74. The summed E-state index contributed by atoms with van der Waals surface area (Å²) in [7, 11) is 0. The van der Waals surface area contributed by atoms with Crippen LogP contribution in [0.2, 0.25) is 5.15 Å². The van der Waals surface area contributed by atoms with Crippen molar-refractivity contribution in [1.29, 1.82) is 0 Å². The average molecular weight is 304 g/mol. The third kappa shape index (κ3) is 2.53. The summed E-state index contributed by atoms with van der Waals surface area (Å²) < 4.78 is 0. The van der Waals surface area contributed by atoms with Crippen LogP contribution < -0.4 is 10.6 Å². The zero-order chi connectivity index (χ0) is 15.1. The number of halogens is 1. The lowest BCUT2D eigenvalue weighted by atomic mass is 9.96. The van der Waals surface area contributed by atoms with E-state index in [2.05, 4.69) is 26.8 Å². The van der Waals surface area contributed by atoms with E-state index >= 15 is 0 Å². The number of hydrogen-bond acceptors (Lipinski definition) is 5. The van der Waals surface area contributed by atoms with E-state index in [4.69, 9.17) is 17.3 Å². The minimum absolute atomic E-state index is 0.322. The van der Waals surface area contributed by atoms with Gasteiger partial charge in [-0.25, -0.2) is 9.97 Å². The van der Waals surface area contributed by atoms with E-state index in [0.717, 1.165) is 35.7 Å². The number of pyridine rings is 1. The highest BCUT2D eigenvalue weighted by molar-refractivity contribution is 6.30. The van der Waals surface area contributed by atoms with Crippen molar-refractivity contribution < 1.29 is 0 Å². The monoisotopic (exact) mass is 303 g/mol. The van der Waals surface area contributed by atoms with Gasteiger partial charge in [-0.1, -0.05) is 18.5 Å². The minimum Gasteiger partial charge on any atom is -0.397 e. The Balaban J connectivity index is 2.03. The Morgan fingerprint density at radius 3 is 2.86 bits per heavy atom. The molecule has 1 aliphatic rings. The molecule has 6 heteroatoms. The second kappa shape index (κ2) is 5.15. The Morgan fingerprint density at radius 1 is 1.33 bits per heavy atom. The smallest absolute Gasteiger partial charge is 0.137 e. The zero-order valence-electron chi connectivity index (χ0n) is 12.4. The second-order valence-electron chi connectivity index (χ2n) is 5.60. The van der Waals surface area contributed by atoms with Gasteiger partial charge in [-0.3, -0.25) is 4.98 Å². The van der Waals surface area contributed by atoms with Crippen LogP contribution in [0.25, 0.3) is 0 Å². The van der Waals surface area contributed by atoms with E-state index in [1.54, 1.807) is 6.20 Å². The molecule has 0 saturated heterocycles. The number of nitrogens with zero attached hydrogens (tertiary/aromatic N) is 4. The fourth-order valence-electron chi connectivity index (χ4n) is 2.85. The van der Waals surface area contributed by atoms with Gasteiger partial charge in [0.25, 0.3) is 0 Å². The highest BCUT2D eigenvalue weighted by Crippen LogP contribution is 2.32. The Morgan fingerprint density at radius 2 is 2.10 bits per heavy atom. The lowest BCUT2D eigenvalue weighted by Gasteiger charge is -2.34. The van der Waals surface area contributed by atoms with Crippen molar-refractivity contribution in [2.75, 3.05) is 17.2 Å². The second-order valence-corrected chi connectivity index (χ2v) is 5.96. The molecule has 3 rings (SSSR count). The molecule has 3 heterocycles. The summed E-state index contributed by atoms with van der Waals surface area (Å²) in [6.45, 7) is 7.58. The summed E-state index contributed by atoms with van der Waals surface area (Å²) in [6, 6.07) is 2.00. The fraction of sp³-hybridized carbons (Fsp3) is 0.400. The first kappa shape index (κ1) is 14.1. The Bertz CT molecular complexity index is 701. The Labute approximate surface area is 129 Å². The molecular formula is C15H18ClN5. The van der Waals surface area contributed by atoms with E-state index in [0.29, 0.717) is 22.6 Å². The van der Waals surface area contributed by atoms with Crippen LogP contribution in [-0.2, 0) is 6.54 Å². The van der Waals surface area contributed by atoms with Crippen LogP contribution >= 0.6 is 11.6 Å². The van der Waals surface area contributed by atoms with Crippen molar-refractivity contribution in [3.8, 4) is 0 Å². The van der Waals surface area contributed by atoms with Gasteiger partial charge < -0.3 is 10.6 Å². The lowest BCUT2D eigenvalue weighted by Crippen LogP contribution is -2.34. The molecule has 1 atom stereocenters. The van der Waals surface area contributed by atoms with E-state index in [9.17, 15) is 0 Å². The SMILES string of the molecule is Cc1nc(Cl)c(C)c(N2Cc3cc(N)cnc3C(C)C2)n1. The van der Waals surface area contributed by atoms with Crippen LogP contribution in [0.5, 0.6) is 0 Å². The maximum absolute atomic E-state index is 6.19. The molecule has 2 N–H and O–H groups in total. The molecule has 1 unspecified atom stereocenters. The van der Waals surface area contributed by atoms with Crippen molar-refractivity contribution in [3.05, 3.63) is 40.1 Å². The van der Waals surface area contributed by atoms with Gasteiger partial charge in [-0.2, -0.15) is 0 Å². The van der Waals surface area contributed by atoms with Gasteiger partial charge in [0.2, 0.25) is 0 Å². The van der Waals surface area contributed by atoms with Crippen LogP contribution in [0, 0.1) is 13.8 Å². The Hall–Kier alpha value is -1.88. The highest BCUT2D eigenvalue weighted by atomic mass is 35.5. The number of nitrogens with two attached hydrogens (primary N) is 1. The number of aryl methyl sites for hydroxylation is 1. The predicted octanol–water partition coefficient (Wildman–Crippen LogP) is 2.85. The van der Waals surface area contributed by atoms with E-state index < -0.39 is 0 Å². The predicted molar refractivity (Wildman–Crippen MR) is 84.6 cm³/mol. The van der Waals surface area contributed by atoms with Crippen molar-refractivity contribution in [3.63, 3.8) is 0 Å². The molecule has 110 valence electrons. The lowest BCUT2D eigenvalue weighted by molar-refractivity contribution is 0.613. The third-order valence-corrected chi connectivity index (χ3v) is 4.18. The topological polar surface area (TPSA) is 67.9 Å². The summed E-state index contributed by atoms with van der Waals surface area (Å²) in [5.74, 6) is 1.90. The molecule has 0 spiro atoms. The van der Waals surface area contributed by atoms with Gasteiger partial charge in [0.15, 0.2) is 0 Å². The normalized spacial score (nSPS) is 17.7. The molecule has 21 heavy (non-hydrogen) atoms. The largest absolute Gasteiger partial charge is 0.397 e. The van der Waals surface area contributed by atoms with Crippen molar-refractivity contribution in [2.45, 2.75) is 33.2 Å². The molecule has 0 saturated carbocycles. The van der Waals surface area contributed by atoms with Crippen molar-refractivity contribution >= 4 is 23.1 Å². The standard InChI is InChI=1S/C15H18ClN5/c1-8-6-21(7-11-4-12(17)5-18-13(8)11)15-9(2)14(16)19-10(3)20-15/h4-5,8H,6-7,17H2,1-3H3. The number of aromatic nitrogens is 3. The van der Waals surface area contributed by atoms with Crippen molar-refractivity contribution in [1.82, 2.24) is 15.0 Å². The zero-order valence-corrected chi connectivity index (χ0v) is 13.1. The highest BCUT2D eigenvalue weighted by Gasteiger charge is 2.26. The van der Waals surface area contributed by atoms with Crippen LogP contribution in [0.1, 0.15) is 35.5 Å². The van der Waals surface area contributed by atoms with E-state index in [1.165, 1.54) is 0 Å². The molecule has 0 fully saturated rings. The maximum atomic E-state index is 6.19. The molecule has 5 nitrogen and oxygen atoms in total. The summed E-state index contributed by atoms with van der Waals surface area (Å²) in [5, 5.41) is 0.515. The van der Waals surface area contributed by atoms with Crippen LogP contribution in [0.15, 0.2) is 12.3 Å². The Kier molecular flexibility index (Phi) is 3.45. The molecule has 0 aliphatic carbocycles. The number of anilines is 2. The maximum Gasteiger partial charge on any atom is 0.137 e. The molecule has 0 radical (unpaired) electrons. The van der Waals surface area contributed by atoms with Crippen LogP contribution in [-0.4, -0.2) is 21.5 Å². The van der Waals surface area contributed by atoms with Gasteiger partial charge in [0, 0.05) is 24.6 Å². The fourth-order valence-corrected chi connectivity index (χ4v) is 3.05. The molecular weight excluding hydrogens is 286 g/mol. The third-order valence-electron chi connectivity index (χ3n) is 3.82. The molecule has 0 bridgehead atoms. The van der Waals surface area contributed by atoms with Gasteiger partial charge in [0.05, 0.1) is 17.6 Å². The minimum atomic E-state index is 0.322. The van der Waals surface area contributed by atoms with Crippen LogP contribution in [0.3, 0.4) is 0 Å². The first-order valence-corrected chi connectivity index (χ1v) is 7.33. The number of rotatable bonds is 1. The number of nitrogen functional groups attached to an aromatic ring is 1. The van der Waals surface area contributed by atoms with Gasteiger partial charge >= 0.3 is 0 Å². The van der Waals surface area contributed by atoms with E-state index in [1.807, 2.05) is 19.9 Å². The van der Waals surface area contributed by atoms with Gasteiger partial charge in [-0.15, -0.1) is 0 Å². The van der Waals surface area contributed by atoms with Gasteiger partial charge in [-0.05, 0) is 25.5 Å². The summed E-state index contributed by atoms with van der Waals surface area (Å²) in [6.07, 6.45) is 1.72. The molecule has 1 aliphatic heterocycles. The number of fused-ring (bicyclic) bond motifs is 1.